The molecule has 21 heteroatoms. The molecule has 5 fully saturated rings. The van der Waals surface area contributed by atoms with Crippen molar-refractivity contribution in [2.45, 2.75) is 109 Å². The van der Waals surface area contributed by atoms with Gasteiger partial charge in [-0.2, -0.15) is 13.2 Å². The molecule has 0 radical (unpaired) electrons. The molecule has 0 spiro atoms. The number of fused-ring (bicyclic) bond motifs is 2. The highest BCUT2D eigenvalue weighted by Crippen LogP contribution is 2.52. The minimum Gasteiger partial charge on any atom is -0.491 e. The zero-order chi connectivity index (χ0) is 48.9. The second kappa shape index (κ2) is 19.5. The highest BCUT2D eigenvalue weighted by molar-refractivity contribution is 7.14. The summed E-state index contributed by atoms with van der Waals surface area (Å²) in [6, 6.07) is 2.93. The Labute approximate surface area is 402 Å². The summed E-state index contributed by atoms with van der Waals surface area (Å²) in [6.07, 6.45) is -1.70. The number of ether oxygens (including phenoxy) is 3. The fourth-order valence-electron chi connectivity index (χ4n) is 9.71. The molecule has 1 aromatic carbocycles. The third-order valence-electron chi connectivity index (χ3n) is 13.6. The molecule has 4 N–H and O–H groups in total. The summed E-state index contributed by atoms with van der Waals surface area (Å²) in [5.41, 5.74) is -1.14. The number of carbonyl (C=O) groups excluding carboxylic acids is 3. The van der Waals surface area contributed by atoms with E-state index in [-0.39, 0.29) is 56.3 Å². The van der Waals surface area contributed by atoms with Crippen molar-refractivity contribution in [3.8, 4) is 22.9 Å². The monoisotopic (exact) mass is 988 g/mol. The van der Waals surface area contributed by atoms with Gasteiger partial charge in [-0.05, 0) is 68.9 Å². The lowest BCUT2D eigenvalue weighted by Gasteiger charge is -2.35. The summed E-state index contributed by atoms with van der Waals surface area (Å²) < 4.78 is 57.5. The smallest absolute Gasteiger partial charge is 0.408 e. The quantitative estimate of drug-likeness (QED) is 0.103. The second-order valence-corrected chi connectivity index (χ2v) is 21.4. The Morgan fingerprint density at radius 2 is 1.71 bits per heavy atom. The second-order valence-electron chi connectivity index (χ2n) is 20.2. The fourth-order valence-corrected chi connectivity index (χ4v) is 10.8. The number of aliphatic carboxylic acids is 1. The van der Waals surface area contributed by atoms with Gasteiger partial charge in [0.2, 0.25) is 11.8 Å². The molecule has 3 saturated carbocycles. The van der Waals surface area contributed by atoms with Gasteiger partial charge >= 0.3 is 18.2 Å². The van der Waals surface area contributed by atoms with Crippen LogP contribution in [0.1, 0.15) is 66.7 Å². The zero-order valence-corrected chi connectivity index (χ0v) is 40.4. The Bertz CT molecular complexity index is 2400. The number of carboxylic acids is 1. The lowest BCUT2D eigenvalue weighted by molar-refractivity contribution is -0.149. The number of nitrogens with one attached hydrogen (secondary N) is 3. The molecule has 370 valence electrons. The van der Waals surface area contributed by atoms with E-state index in [1.807, 2.05) is 24.1 Å². The van der Waals surface area contributed by atoms with Gasteiger partial charge in [-0.1, -0.05) is 38.4 Å². The predicted octanol–water partition coefficient (Wildman–Crippen LogP) is 6.82. The van der Waals surface area contributed by atoms with E-state index in [1.165, 1.54) is 27.2 Å². The molecule has 3 amide bonds. The van der Waals surface area contributed by atoms with Crippen LogP contribution in [-0.2, 0) is 19.1 Å². The number of carbonyl (C=O) groups is 4. The summed E-state index contributed by atoms with van der Waals surface area (Å²) in [6.45, 7) is 14.2. The highest BCUT2D eigenvalue weighted by Gasteiger charge is 2.61. The SMILES string of the molecule is C=C[C@@H]1CC1(NC(=O)[C@@H]1C[C@@H](Oc2cc(-c3csc(NC(C)C)n3)nc3c(Cl)c(OCCN4CCN(CC(F)(F)F)CC4)ccc23)CN1C(=O)[C@@H](NC(=O)OC1C[C@@H]2C[C@@H]2C1)C(C)(C)C)C(=O)O. The minimum atomic E-state index is -4.25. The van der Waals surface area contributed by atoms with E-state index in [4.69, 9.17) is 35.8 Å². The molecule has 2 unspecified atom stereocenters. The van der Waals surface area contributed by atoms with Gasteiger partial charge in [0.1, 0.15) is 58.7 Å². The molecule has 2 aliphatic heterocycles. The van der Waals surface area contributed by atoms with Crippen molar-refractivity contribution in [3.63, 3.8) is 0 Å². The van der Waals surface area contributed by atoms with E-state index in [9.17, 15) is 37.5 Å². The van der Waals surface area contributed by atoms with E-state index in [2.05, 4.69) is 22.5 Å². The van der Waals surface area contributed by atoms with Crippen LogP contribution < -0.4 is 25.4 Å². The molecule has 5 aliphatic rings. The number of alkyl halides is 3. The summed E-state index contributed by atoms with van der Waals surface area (Å²) in [7, 11) is 0. The Morgan fingerprint density at radius 3 is 2.34 bits per heavy atom. The molecular formula is C47H60ClF3N8O8S. The standard InChI is InChI=1S/C47H60ClF3N8O8S/c1-7-28-21-46(28,42(62)63)56-40(60)34-19-30(22-59(34)41(61)39(45(4,5)6)55-44(64)67-29-17-26-16-27(26)18-29)66-36-20-32(33-23-68-43(54-33)52-25(2)3)53-38-31(36)8-9-35(37(38)48)65-15-14-57-10-12-58(13-11-57)24-47(49,50)51/h7-9,20,23,25-30,34,39H,1,10-19,21-22,24H2,2-6H3,(H,52,54)(H,55,64)(H,56,60)(H,62,63)/t26-,27+,28-,29?,30-,34+,39-,46?/m1/s1. The summed E-state index contributed by atoms with van der Waals surface area (Å²) in [4.78, 5) is 69.5. The van der Waals surface area contributed by atoms with E-state index >= 15 is 0 Å². The third-order valence-corrected chi connectivity index (χ3v) is 14.7. The van der Waals surface area contributed by atoms with Crippen LogP contribution in [0.4, 0.5) is 23.1 Å². The Morgan fingerprint density at radius 1 is 1.00 bits per heavy atom. The van der Waals surface area contributed by atoms with Crippen molar-refractivity contribution < 1.29 is 51.7 Å². The van der Waals surface area contributed by atoms with Gasteiger partial charge < -0.3 is 40.2 Å². The zero-order valence-electron chi connectivity index (χ0n) is 38.9. The first-order valence-corrected chi connectivity index (χ1v) is 24.5. The highest BCUT2D eigenvalue weighted by atomic mass is 35.5. The summed E-state index contributed by atoms with van der Waals surface area (Å²) in [5, 5.41) is 22.2. The van der Waals surface area contributed by atoms with Crippen LogP contribution in [-0.4, -0.2) is 148 Å². The molecule has 68 heavy (non-hydrogen) atoms. The van der Waals surface area contributed by atoms with Gasteiger partial charge in [-0.3, -0.25) is 19.4 Å². The van der Waals surface area contributed by atoms with Crippen molar-refractivity contribution in [3.05, 3.63) is 41.3 Å². The number of aromatic nitrogens is 2. The number of likely N-dealkylation sites (tertiary alicyclic amines) is 1. The number of hydrogen-bond acceptors (Lipinski definition) is 13. The number of rotatable bonds is 17. The maximum Gasteiger partial charge on any atom is 0.408 e. The predicted molar refractivity (Wildman–Crippen MR) is 250 cm³/mol. The maximum atomic E-state index is 14.8. The molecule has 8 rings (SSSR count). The molecule has 16 nitrogen and oxygen atoms in total. The number of thiazole rings is 1. The summed E-state index contributed by atoms with van der Waals surface area (Å²) in [5.74, 6) is -1.18. The van der Waals surface area contributed by atoms with Gasteiger partial charge in [-0.15, -0.1) is 17.9 Å². The maximum absolute atomic E-state index is 14.8. The Hall–Kier alpha value is -4.92. The van der Waals surface area contributed by atoms with Gasteiger partial charge in [0.25, 0.3) is 0 Å². The first-order chi connectivity index (χ1) is 32.1. The number of anilines is 1. The van der Waals surface area contributed by atoms with Crippen molar-refractivity contribution in [1.29, 1.82) is 0 Å². The van der Waals surface area contributed by atoms with Crippen LogP contribution in [0.3, 0.4) is 0 Å². The average molecular weight is 990 g/mol. The number of alkyl carbamates (subject to hydrolysis) is 1. The van der Waals surface area contributed by atoms with E-state index in [1.54, 1.807) is 39.0 Å². The van der Waals surface area contributed by atoms with Gasteiger partial charge in [-0.25, -0.2) is 19.6 Å². The van der Waals surface area contributed by atoms with Gasteiger partial charge in [0.05, 0.1) is 24.3 Å². The number of carboxylic acid groups (broad SMARTS) is 1. The number of pyridine rings is 1. The number of piperazine rings is 1. The van der Waals surface area contributed by atoms with Gasteiger partial charge in [0.15, 0.2) is 5.13 Å². The molecule has 3 aromatic rings. The van der Waals surface area contributed by atoms with Crippen LogP contribution in [0.5, 0.6) is 11.5 Å². The Balaban J connectivity index is 1.06. The van der Waals surface area contributed by atoms with Crippen molar-refractivity contribution >= 4 is 62.8 Å². The van der Waals surface area contributed by atoms with E-state index in [0.29, 0.717) is 70.4 Å². The lowest BCUT2D eigenvalue weighted by atomic mass is 9.85. The third kappa shape index (κ3) is 11.2. The lowest BCUT2D eigenvalue weighted by Crippen LogP contribution is -2.59. The molecule has 2 saturated heterocycles. The summed E-state index contributed by atoms with van der Waals surface area (Å²) >= 11 is 8.48. The number of nitrogens with zero attached hydrogens (tertiary/aromatic N) is 5. The van der Waals surface area contributed by atoms with Crippen LogP contribution in [0.15, 0.2) is 36.2 Å². The van der Waals surface area contributed by atoms with E-state index in [0.717, 1.165) is 19.3 Å². The first kappa shape index (κ1) is 49.5. The number of hydrogen-bond donors (Lipinski definition) is 4. The van der Waals surface area contributed by atoms with Crippen molar-refractivity contribution in [2.24, 2.45) is 23.2 Å². The molecule has 2 aromatic heterocycles. The van der Waals surface area contributed by atoms with Crippen molar-refractivity contribution in [2.75, 3.05) is 57.7 Å². The topological polar surface area (TPSA) is 188 Å². The van der Waals surface area contributed by atoms with E-state index < -0.39 is 71.7 Å². The average Bonchev–Trinajstić information content (AvgIpc) is 3.93. The fraction of sp³-hybridized carbons (Fsp3) is 0.617. The van der Waals surface area contributed by atoms with Crippen LogP contribution in [0, 0.1) is 23.2 Å². The Kier molecular flexibility index (Phi) is 14.2. The largest absolute Gasteiger partial charge is 0.491 e. The van der Waals surface area contributed by atoms with Gasteiger partial charge in [0, 0.05) is 67.9 Å². The molecular weight excluding hydrogens is 929 g/mol. The normalized spacial score (nSPS) is 26.5. The number of benzene rings is 1. The van der Waals surface area contributed by atoms with Crippen LogP contribution >= 0.6 is 22.9 Å². The molecule has 8 atom stereocenters. The minimum absolute atomic E-state index is 0.0319. The van der Waals surface area contributed by atoms with Crippen molar-refractivity contribution in [1.82, 2.24) is 35.3 Å². The number of halogens is 4. The van der Waals surface area contributed by atoms with Crippen LogP contribution in [0.25, 0.3) is 22.3 Å². The van der Waals surface area contributed by atoms with Crippen LogP contribution in [0.2, 0.25) is 5.02 Å². The number of amides is 3. The molecule has 3 aliphatic carbocycles. The molecule has 0 bridgehead atoms. The molecule has 4 heterocycles. The first-order valence-electron chi connectivity index (χ1n) is 23.2.